The van der Waals surface area contributed by atoms with Crippen molar-refractivity contribution >= 4 is 11.4 Å². The van der Waals surface area contributed by atoms with Gasteiger partial charge in [-0.15, -0.1) is 0 Å². The molecular weight excluding hydrogens is 256 g/mol. The average Bonchev–Trinajstić information content (AvgIpc) is 2.38. The Morgan fingerprint density at radius 2 is 2.25 bits per heavy atom. The molecule has 0 radical (unpaired) electrons. The van der Waals surface area contributed by atoms with Gasteiger partial charge in [0.05, 0.1) is 11.5 Å². The van der Waals surface area contributed by atoms with E-state index in [1.807, 2.05) is 6.92 Å². The predicted octanol–water partition coefficient (Wildman–Crippen LogP) is 3.99. The Balaban J connectivity index is 2.03. The first-order valence-corrected chi connectivity index (χ1v) is 7.36. The van der Waals surface area contributed by atoms with Gasteiger partial charge in [0.15, 0.2) is 5.75 Å². The SMILES string of the molecule is CCCNc1cccc(OCCC2CCC2)c1[N+](=O)[O-]. The second-order valence-electron chi connectivity index (χ2n) is 5.27. The number of anilines is 1. The Hall–Kier alpha value is -1.78. The minimum Gasteiger partial charge on any atom is -0.487 e. The van der Waals surface area contributed by atoms with Crippen molar-refractivity contribution < 1.29 is 9.66 Å². The van der Waals surface area contributed by atoms with E-state index in [2.05, 4.69) is 5.32 Å². The molecule has 0 bridgehead atoms. The number of hydrogen-bond acceptors (Lipinski definition) is 4. The lowest BCUT2D eigenvalue weighted by atomic mass is 9.83. The highest BCUT2D eigenvalue weighted by atomic mass is 16.6. The van der Waals surface area contributed by atoms with Crippen LogP contribution in [0, 0.1) is 16.0 Å². The van der Waals surface area contributed by atoms with Gasteiger partial charge in [-0.1, -0.05) is 32.3 Å². The normalized spacial score (nSPS) is 14.7. The Morgan fingerprint density at radius 3 is 2.85 bits per heavy atom. The van der Waals surface area contributed by atoms with Crippen LogP contribution >= 0.6 is 0 Å². The van der Waals surface area contributed by atoms with E-state index in [0.717, 1.165) is 18.8 Å². The van der Waals surface area contributed by atoms with Crippen molar-refractivity contribution in [3.05, 3.63) is 28.3 Å². The average molecular weight is 278 g/mol. The minimum absolute atomic E-state index is 0.0505. The summed E-state index contributed by atoms with van der Waals surface area (Å²) in [4.78, 5) is 10.9. The van der Waals surface area contributed by atoms with Crippen LogP contribution < -0.4 is 10.1 Å². The molecule has 5 heteroatoms. The summed E-state index contributed by atoms with van der Waals surface area (Å²) < 4.78 is 5.64. The summed E-state index contributed by atoms with van der Waals surface area (Å²) in [6.45, 7) is 3.30. The maximum absolute atomic E-state index is 11.3. The first-order chi connectivity index (χ1) is 9.72. The Kier molecular flexibility index (Phi) is 5.21. The summed E-state index contributed by atoms with van der Waals surface area (Å²) in [6, 6.07) is 5.20. The number of benzene rings is 1. The van der Waals surface area contributed by atoms with E-state index < -0.39 is 0 Å². The molecule has 1 aliphatic carbocycles. The number of para-hydroxylation sites is 1. The molecule has 2 rings (SSSR count). The van der Waals surface area contributed by atoms with Gasteiger partial charge in [-0.05, 0) is 30.9 Å². The number of hydrogen-bond donors (Lipinski definition) is 1. The van der Waals surface area contributed by atoms with Crippen LogP contribution in [0.5, 0.6) is 5.75 Å². The number of nitro benzene ring substituents is 1. The third-order valence-electron chi connectivity index (χ3n) is 3.76. The van der Waals surface area contributed by atoms with E-state index in [1.165, 1.54) is 19.3 Å². The van der Waals surface area contributed by atoms with E-state index >= 15 is 0 Å². The van der Waals surface area contributed by atoms with Gasteiger partial charge in [0.1, 0.15) is 5.69 Å². The fourth-order valence-corrected chi connectivity index (χ4v) is 2.35. The summed E-state index contributed by atoms with van der Waals surface area (Å²) in [5.74, 6) is 1.12. The van der Waals surface area contributed by atoms with Gasteiger partial charge < -0.3 is 10.1 Å². The van der Waals surface area contributed by atoms with Gasteiger partial charge in [0, 0.05) is 6.54 Å². The minimum atomic E-state index is -0.364. The quantitative estimate of drug-likeness (QED) is 0.577. The molecule has 1 N–H and O–H groups in total. The fraction of sp³-hybridized carbons (Fsp3) is 0.600. The van der Waals surface area contributed by atoms with Crippen LogP contribution in [0.1, 0.15) is 39.0 Å². The van der Waals surface area contributed by atoms with Gasteiger partial charge in [0.25, 0.3) is 0 Å². The molecule has 0 amide bonds. The first-order valence-electron chi connectivity index (χ1n) is 7.36. The summed E-state index contributed by atoms with van der Waals surface area (Å²) >= 11 is 0. The molecule has 5 nitrogen and oxygen atoms in total. The number of nitro groups is 1. The van der Waals surface area contributed by atoms with Crippen LogP contribution in [0.25, 0.3) is 0 Å². The van der Waals surface area contributed by atoms with Crippen LogP contribution in [0.4, 0.5) is 11.4 Å². The van der Waals surface area contributed by atoms with Gasteiger partial charge in [-0.25, -0.2) is 0 Å². The number of nitrogens with zero attached hydrogens (tertiary/aromatic N) is 1. The summed E-state index contributed by atoms with van der Waals surface area (Å²) in [7, 11) is 0. The van der Waals surface area contributed by atoms with Gasteiger partial charge >= 0.3 is 5.69 Å². The highest BCUT2D eigenvalue weighted by Crippen LogP contribution is 2.35. The largest absolute Gasteiger partial charge is 0.487 e. The molecule has 0 unspecified atom stereocenters. The van der Waals surface area contributed by atoms with E-state index in [0.29, 0.717) is 24.6 Å². The van der Waals surface area contributed by atoms with Crippen molar-refractivity contribution in [2.24, 2.45) is 5.92 Å². The third-order valence-corrected chi connectivity index (χ3v) is 3.76. The molecule has 0 heterocycles. The molecule has 0 aromatic heterocycles. The first kappa shape index (κ1) is 14.6. The van der Waals surface area contributed by atoms with Crippen molar-refractivity contribution in [1.82, 2.24) is 0 Å². The highest BCUT2D eigenvalue weighted by molar-refractivity contribution is 5.68. The van der Waals surface area contributed by atoms with Crippen LogP contribution in [-0.2, 0) is 0 Å². The molecular formula is C15H22N2O3. The van der Waals surface area contributed by atoms with Crippen molar-refractivity contribution in [2.75, 3.05) is 18.5 Å². The number of rotatable bonds is 8. The van der Waals surface area contributed by atoms with Crippen molar-refractivity contribution in [2.45, 2.75) is 39.0 Å². The van der Waals surface area contributed by atoms with Crippen molar-refractivity contribution in [1.29, 1.82) is 0 Å². The monoisotopic (exact) mass is 278 g/mol. The summed E-state index contributed by atoms with van der Waals surface area (Å²) in [5, 5.41) is 14.3. The third kappa shape index (κ3) is 3.62. The number of nitrogens with one attached hydrogen (secondary N) is 1. The lowest BCUT2D eigenvalue weighted by Gasteiger charge is -2.25. The van der Waals surface area contributed by atoms with E-state index in [1.54, 1.807) is 18.2 Å². The predicted molar refractivity (Wildman–Crippen MR) is 79.3 cm³/mol. The highest BCUT2D eigenvalue weighted by Gasteiger charge is 2.22. The second kappa shape index (κ2) is 7.12. The lowest BCUT2D eigenvalue weighted by molar-refractivity contribution is -0.385. The molecule has 0 saturated heterocycles. The van der Waals surface area contributed by atoms with E-state index in [9.17, 15) is 10.1 Å². The maximum atomic E-state index is 11.3. The van der Waals surface area contributed by atoms with Gasteiger partial charge in [0.2, 0.25) is 0 Å². The van der Waals surface area contributed by atoms with Gasteiger partial charge in [-0.2, -0.15) is 0 Å². The fourth-order valence-electron chi connectivity index (χ4n) is 2.35. The van der Waals surface area contributed by atoms with Crippen molar-refractivity contribution in [3.8, 4) is 5.75 Å². The van der Waals surface area contributed by atoms with Crippen LogP contribution in [0.3, 0.4) is 0 Å². The summed E-state index contributed by atoms with van der Waals surface area (Å²) in [5.41, 5.74) is 0.590. The van der Waals surface area contributed by atoms with Crippen LogP contribution in [0.15, 0.2) is 18.2 Å². The Morgan fingerprint density at radius 1 is 1.45 bits per heavy atom. The molecule has 1 saturated carbocycles. The molecule has 110 valence electrons. The maximum Gasteiger partial charge on any atom is 0.333 e. The molecule has 1 fully saturated rings. The topological polar surface area (TPSA) is 64.4 Å². The Bertz CT molecular complexity index is 458. The zero-order valence-electron chi connectivity index (χ0n) is 11.9. The van der Waals surface area contributed by atoms with Crippen LogP contribution in [-0.4, -0.2) is 18.1 Å². The summed E-state index contributed by atoms with van der Waals surface area (Å²) in [6.07, 6.45) is 5.75. The standard InChI is InChI=1S/C15H22N2O3/c1-2-10-16-13-7-4-8-14(15(13)17(18)19)20-11-9-12-5-3-6-12/h4,7-8,12,16H,2-3,5-6,9-11H2,1H3. The Labute approximate surface area is 119 Å². The smallest absolute Gasteiger partial charge is 0.333 e. The molecule has 1 aromatic carbocycles. The molecule has 0 spiro atoms. The number of ether oxygens (including phenoxy) is 1. The zero-order valence-corrected chi connectivity index (χ0v) is 11.9. The van der Waals surface area contributed by atoms with E-state index in [-0.39, 0.29) is 10.6 Å². The molecule has 0 atom stereocenters. The molecule has 1 aliphatic rings. The van der Waals surface area contributed by atoms with Crippen molar-refractivity contribution in [3.63, 3.8) is 0 Å². The second-order valence-corrected chi connectivity index (χ2v) is 5.27. The molecule has 1 aromatic rings. The van der Waals surface area contributed by atoms with Gasteiger partial charge in [-0.3, -0.25) is 10.1 Å². The zero-order chi connectivity index (χ0) is 14.4. The molecule has 0 aliphatic heterocycles. The molecule has 20 heavy (non-hydrogen) atoms. The van der Waals surface area contributed by atoms with Crippen LogP contribution in [0.2, 0.25) is 0 Å². The van der Waals surface area contributed by atoms with E-state index in [4.69, 9.17) is 4.74 Å². The lowest BCUT2D eigenvalue weighted by Crippen LogP contribution is -2.15.